The molecule has 1 aliphatic heterocycles. The molecule has 1 saturated heterocycles. The Morgan fingerprint density at radius 3 is 2.48 bits per heavy atom. The molecule has 2 unspecified atom stereocenters. The maximum Gasteiger partial charge on any atom is 0.270 e. The molecule has 9 heteroatoms. The number of aromatic nitrogens is 1. The molecule has 25 heavy (non-hydrogen) atoms. The van der Waals surface area contributed by atoms with Crippen LogP contribution in [0.15, 0.2) is 48.8 Å². The van der Waals surface area contributed by atoms with Crippen molar-refractivity contribution in [3.8, 4) is 0 Å². The first kappa shape index (κ1) is 16.9. The SMILES string of the molecule is CC1SC(c2ccc([N+](=O)[O-])cc2)N(NC(=O)c2ccncc2)C1=O. The fourth-order valence-electron chi connectivity index (χ4n) is 2.40. The van der Waals surface area contributed by atoms with Gasteiger partial charge in [0, 0.05) is 30.1 Å². The van der Waals surface area contributed by atoms with Crippen molar-refractivity contribution in [2.45, 2.75) is 17.5 Å². The van der Waals surface area contributed by atoms with Gasteiger partial charge in [0.15, 0.2) is 0 Å². The maximum atomic E-state index is 12.4. The molecule has 2 atom stereocenters. The fourth-order valence-corrected chi connectivity index (χ4v) is 3.61. The van der Waals surface area contributed by atoms with Crippen molar-refractivity contribution in [3.63, 3.8) is 0 Å². The van der Waals surface area contributed by atoms with Gasteiger partial charge < -0.3 is 0 Å². The van der Waals surface area contributed by atoms with Crippen LogP contribution < -0.4 is 5.43 Å². The summed E-state index contributed by atoms with van der Waals surface area (Å²) in [5.74, 6) is -0.645. The minimum atomic E-state index is -0.484. The number of nitro groups is 1. The zero-order valence-electron chi connectivity index (χ0n) is 13.2. The highest BCUT2D eigenvalue weighted by Gasteiger charge is 2.40. The predicted molar refractivity (Wildman–Crippen MR) is 91.4 cm³/mol. The van der Waals surface area contributed by atoms with E-state index in [9.17, 15) is 19.7 Å². The number of nitro benzene ring substituents is 1. The normalized spacial score (nSPS) is 19.7. The van der Waals surface area contributed by atoms with Crippen LogP contribution in [0.4, 0.5) is 5.69 Å². The smallest absolute Gasteiger partial charge is 0.270 e. The lowest BCUT2D eigenvalue weighted by Crippen LogP contribution is -2.45. The van der Waals surface area contributed by atoms with Gasteiger partial charge in [-0.3, -0.25) is 30.1 Å². The summed E-state index contributed by atoms with van der Waals surface area (Å²) in [4.78, 5) is 38.9. The van der Waals surface area contributed by atoms with E-state index in [0.29, 0.717) is 11.1 Å². The Balaban J connectivity index is 1.83. The molecule has 0 spiro atoms. The second-order valence-corrected chi connectivity index (χ2v) is 6.79. The Kier molecular flexibility index (Phi) is 4.66. The molecule has 3 rings (SSSR count). The summed E-state index contributed by atoms with van der Waals surface area (Å²) >= 11 is 1.37. The minimum absolute atomic E-state index is 0.0292. The largest absolute Gasteiger partial charge is 0.272 e. The Labute approximate surface area is 147 Å². The zero-order valence-corrected chi connectivity index (χ0v) is 14.0. The van der Waals surface area contributed by atoms with Crippen LogP contribution in [-0.4, -0.2) is 32.0 Å². The summed E-state index contributed by atoms with van der Waals surface area (Å²) in [5.41, 5.74) is 3.68. The van der Waals surface area contributed by atoms with Gasteiger partial charge in [-0.1, -0.05) is 0 Å². The molecule has 1 N–H and O–H groups in total. The minimum Gasteiger partial charge on any atom is -0.272 e. The molecule has 0 radical (unpaired) electrons. The number of hydrogen-bond donors (Lipinski definition) is 1. The highest BCUT2D eigenvalue weighted by molar-refractivity contribution is 8.01. The van der Waals surface area contributed by atoms with Crippen molar-refractivity contribution >= 4 is 29.3 Å². The number of thioether (sulfide) groups is 1. The number of hydrogen-bond acceptors (Lipinski definition) is 6. The van der Waals surface area contributed by atoms with Crippen LogP contribution in [-0.2, 0) is 4.79 Å². The van der Waals surface area contributed by atoms with Gasteiger partial charge in [-0.25, -0.2) is 5.01 Å². The molecule has 1 aromatic heterocycles. The summed E-state index contributed by atoms with van der Waals surface area (Å²) in [7, 11) is 0. The molecule has 8 nitrogen and oxygen atoms in total. The van der Waals surface area contributed by atoms with Gasteiger partial charge in [0.2, 0.25) is 0 Å². The van der Waals surface area contributed by atoms with Crippen molar-refractivity contribution in [1.29, 1.82) is 0 Å². The molecule has 1 aliphatic rings. The van der Waals surface area contributed by atoms with Crippen LogP contribution in [0.1, 0.15) is 28.2 Å². The molecule has 1 fully saturated rings. The molecule has 2 amide bonds. The standard InChI is InChI=1S/C16H14N4O4S/c1-10-15(22)19(18-14(21)11-6-8-17-9-7-11)16(25-10)12-2-4-13(5-3-12)20(23)24/h2-10,16H,1H3,(H,18,21). The molecule has 2 aromatic rings. The quantitative estimate of drug-likeness (QED) is 0.664. The van der Waals surface area contributed by atoms with E-state index in [-0.39, 0.29) is 16.8 Å². The van der Waals surface area contributed by atoms with Crippen molar-refractivity contribution in [2.75, 3.05) is 0 Å². The number of nitrogens with zero attached hydrogens (tertiary/aromatic N) is 3. The molecule has 128 valence electrons. The van der Waals surface area contributed by atoms with Crippen LogP contribution in [0.5, 0.6) is 0 Å². The number of carbonyl (C=O) groups is 2. The van der Waals surface area contributed by atoms with Gasteiger partial charge in [-0.2, -0.15) is 0 Å². The van der Waals surface area contributed by atoms with Gasteiger partial charge >= 0.3 is 0 Å². The van der Waals surface area contributed by atoms with Gasteiger partial charge in [0.1, 0.15) is 5.37 Å². The molecule has 2 heterocycles. The summed E-state index contributed by atoms with van der Waals surface area (Å²) in [5, 5.41) is 11.3. The first-order valence-electron chi connectivity index (χ1n) is 7.41. The Morgan fingerprint density at radius 2 is 1.88 bits per heavy atom. The second-order valence-electron chi connectivity index (χ2n) is 5.36. The number of benzene rings is 1. The number of hydrazine groups is 1. The van der Waals surface area contributed by atoms with Crippen LogP contribution >= 0.6 is 11.8 Å². The van der Waals surface area contributed by atoms with Crippen LogP contribution in [0.2, 0.25) is 0 Å². The Hall–Kier alpha value is -2.94. The van der Waals surface area contributed by atoms with E-state index < -0.39 is 16.2 Å². The lowest BCUT2D eigenvalue weighted by molar-refractivity contribution is -0.384. The van der Waals surface area contributed by atoms with Crippen LogP contribution in [0.3, 0.4) is 0 Å². The van der Waals surface area contributed by atoms with Gasteiger partial charge in [0.05, 0.1) is 10.2 Å². The number of non-ortho nitro benzene ring substituents is 1. The summed E-state index contributed by atoms with van der Waals surface area (Å²) in [6.45, 7) is 1.75. The van der Waals surface area contributed by atoms with Crippen molar-refractivity contribution in [3.05, 3.63) is 70.0 Å². The van der Waals surface area contributed by atoms with Crippen LogP contribution in [0.25, 0.3) is 0 Å². The summed E-state index contributed by atoms with van der Waals surface area (Å²) in [6.07, 6.45) is 2.98. The molecular weight excluding hydrogens is 344 g/mol. The zero-order chi connectivity index (χ0) is 18.0. The van der Waals surface area contributed by atoms with Crippen molar-refractivity contribution in [2.24, 2.45) is 0 Å². The second kappa shape index (κ2) is 6.89. The fraction of sp³-hybridized carbons (Fsp3) is 0.188. The van der Waals surface area contributed by atoms with Crippen molar-refractivity contribution in [1.82, 2.24) is 15.4 Å². The third-order valence-corrected chi connectivity index (χ3v) is 5.06. The summed E-state index contributed by atoms with van der Waals surface area (Å²) < 4.78 is 0. The molecule has 0 bridgehead atoms. The van der Waals surface area contributed by atoms with E-state index in [4.69, 9.17) is 0 Å². The average molecular weight is 358 g/mol. The maximum absolute atomic E-state index is 12.4. The van der Waals surface area contributed by atoms with Crippen LogP contribution in [0, 0.1) is 10.1 Å². The topological polar surface area (TPSA) is 105 Å². The third kappa shape index (κ3) is 3.45. The third-order valence-electron chi connectivity index (χ3n) is 3.71. The van der Waals surface area contributed by atoms with Crippen molar-refractivity contribution < 1.29 is 14.5 Å². The van der Waals surface area contributed by atoms with E-state index in [2.05, 4.69) is 10.4 Å². The Bertz CT molecular complexity index is 813. The molecule has 0 saturated carbocycles. The summed E-state index contributed by atoms with van der Waals surface area (Å²) in [6, 6.07) is 9.04. The van der Waals surface area contributed by atoms with E-state index in [1.165, 1.54) is 41.3 Å². The highest BCUT2D eigenvalue weighted by atomic mass is 32.2. The first-order valence-corrected chi connectivity index (χ1v) is 8.35. The van der Waals surface area contributed by atoms with E-state index in [1.54, 1.807) is 31.2 Å². The number of carbonyl (C=O) groups excluding carboxylic acids is 2. The monoisotopic (exact) mass is 358 g/mol. The molecular formula is C16H14N4O4S. The van der Waals surface area contributed by atoms with Gasteiger partial charge in [-0.05, 0) is 36.8 Å². The number of pyridine rings is 1. The number of rotatable bonds is 4. The van der Waals surface area contributed by atoms with E-state index in [0.717, 1.165) is 0 Å². The lowest BCUT2D eigenvalue weighted by Gasteiger charge is -2.24. The molecule has 1 aromatic carbocycles. The van der Waals surface area contributed by atoms with E-state index >= 15 is 0 Å². The highest BCUT2D eigenvalue weighted by Crippen LogP contribution is 2.42. The first-order chi connectivity index (χ1) is 12.0. The Morgan fingerprint density at radius 1 is 1.24 bits per heavy atom. The average Bonchev–Trinajstić information content (AvgIpc) is 2.91. The van der Waals surface area contributed by atoms with Gasteiger partial charge in [0.25, 0.3) is 17.5 Å². The number of nitrogens with one attached hydrogen (secondary N) is 1. The molecule has 0 aliphatic carbocycles. The van der Waals surface area contributed by atoms with E-state index in [1.807, 2.05) is 0 Å². The number of amides is 2. The predicted octanol–water partition coefficient (Wildman–Crippen LogP) is 2.30. The van der Waals surface area contributed by atoms with Gasteiger partial charge in [-0.15, -0.1) is 11.8 Å². The lowest BCUT2D eigenvalue weighted by atomic mass is 10.2.